The van der Waals surface area contributed by atoms with Crippen LogP contribution in [0, 0.1) is 0 Å². The zero-order chi connectivity index (χ0) is 15.8. The Kier molecular flexibility index (Phi) is 6.36. The minimum Gasteiger partial charge on any atom is -0.383 e. The number of thiophene rings is 1. The number of amides is 2. The van der Waals surface area contributed by atoms with Crippen LogP contribution >= 0.6 is 11.3 Å². The van der Waals surface area contributed by atoms with E-state index in [1.165, 1.54) is 0 Å². The van der Waals surface area contributed by atoms with Crippen molar-refractivity contribution < 1.29 is 9.53 Å². The predicted octanol–water partition coefficient (Wildman–Crippen LogP) is 3.06. The second kappa shape index (κ2) is 8.51. The zero-order valence-electron chi connectivity index (χ0n) is 12.9. The van der Waals surface area contributed by atoms with Gasteiger partial charge in [-0.25, -0.2) is 4.79 Å². The Morgan fingerprint density at radius 2 is 2.27 bits per heavy atom. The molecule has 0 aliphatic heterocycles. The van der Waals surface area contributed by atoms with Crippen molar-refractivity contribution in [3.8, 4) is 0 Å². The summed E-state index contributed by atoms with van der Waals surface area (Å²) in [6, 6.07) is 9.46. The van der Waals surface area contributed by atoms with E-state index in [1.54, 1.807) is 29.5 Å². The third-order valence-corrected chi connectivity index (χ3v) is 4.11. The van der Waals surface area contributed by atoms with Crippen molar-refractivity contribution in [3.63, 3.8) is 0 Å². The fourth-order valence-corrected chi connectivity index (χ4v) is 2.75. The van der Waals surface area contributed by atoms with Crippen LogP contribution in [0.2, 0.25) is 0 Å². The minimum atomic E-state index is -0.137. The highest BCUT2D eigenvalue weighted by Crippen LogP contribution is 2.13. The fourth-order valence-electron chi connectivity index (χ4n) is 2.03. The molecule has 2 aromatic heterocycles. The highest BCUT2D eigenvalue weighted by molar-refractivity contribution is 7.09. The van der Waals surface area contributed by atoms with Gasteiger partial charge in [-0.15, -0.1) is 11.3 Å². The van der Waals surface area contributed by atoms with E-state index in [0.29, 0.717) is 19.7 Å². The van der Waals surface area contributed by atoms with Crippen molar-refractivity contribution in [2.24, 2.45) is 0 Å². The summed E-state index contributed by atoms with van der Waals surface area (Å²) in [6.07, 6.45) is 1.73. The molecule has 1 unspecified atom stereocenters. The van der Waals surface area contributed by atoms with Crippen molar-refractivity contribution in [1.82, 2.24) is 15.2 Å². The van der Waals surface area contributed by atoms with Crippen LogP contribution in [0.4, 0.5) is 4.79 Å². The summed E-state index contributed by atoms with van der Waals surface area (Å²) in [7, 11) is 1.64. The summed E-state index contributed by atoms with van der Waals surface area (Å²) in [5.74, 6) is 0. The van der Waals surface area contributed by atoms with Gasteiger partial charge >= 0.3 is 6.03 Å². The average molecular weight is 319 g/mol. The van der Waals surface area contributed by atoms with Gasteiger partial charge in [-0.2, -0.15) is 0 Å². The quantitative estimate of drug-likeness (QED) is 0.853. The molecule has 0 aromatic carbocycles. The van der Waals surface area contributed by atoms with Gasteiger partial charge in [0.15, 0.2) is 0 Å². The molecule has 6 heteroatoms. The number of methoxy groups -OCH3 is 1. The number of hydrogen-bond acceptors (Lipinski definition) is 4. The molecule has 22 heavy (non-hydrogen) atoms. The number of urea groups is 1. The van der Waals surface area contributed by atoms with Gasteiger partial charge in [0.25, 0.3) is 0 Å². The molecule has 0 fully saturated rings. The molecule has 0 radical (unpaired) electrons. The van der Waals surface area contributed by atoms with E-state index in [-0.39, 0.29) is 12.1 Å². The van der Waals surface area contributed by atoms with Crippen molar-refractivity contribution in [1.29, 1.82) is 0 Å². The molecule has 1 atom stereocenters. The van der Waals surface area contributed by atoms with Crippen LogP contribution in [0.3, 0.4) is 0 Å². The summed E-state index contributed by atoms with van der Waals surface area (Å²) in [6.45, 7) is 3.58. The van der Waals surface area contributed by atoms with Gasteiger partial charge in [0, 0.05) is 24.7 Å². The molecule has 2 amide bonds. The number of hydrogen-bond donors (Lipinski definition) is 1. The first kappa shape index (κ1) is 16.5. The normalized spacial score (nSPS) is 11.9. The standard InChI is InChI=1S/C16H21N3O2S/c1-13(15-7-3-4-8-17-15)18-16(20)19(9-10-21-2)12-14-6-5-11-22-14/h3-8,11,13H,9-10,12H2,1-2H3,(H,18,20). The van der Waals surface area contributed by atoms with E-state index < -0.39 is 0 Å². The SMILES string of the molecule is COCCN(Cc1cccs1)C(=O)NC(C)c1ccccn1. The van der Waals surface area contributed by atoms with Crippen LogP contribution in [0.15, 0.2) is 41.9 Å². The molecule has 5 nitrogen and oxygen atoms in total. The second-order valence-corrected chi connectivity index (χ2v) is 5.95. The number of aromatic nitrogens is 1. The summed E-state index contributed by atoms with van der Waals surface area (Å²) >= 11 is 1.64. The molecule has 118 valence electrons. The third kappa shape index (κ3) is 4.82. The van der Waals surface area contributed by atoms with Crippen LogP contribution in [0.25, 0.3) is 0 Å². The third-order valence-electron chi connectivity index (χ3n) is 3.25. The Morgan fingerprint density at radius 3 is 2.91 bits per heavy atom. The highest BCUT2D eigenvalue weighted by Gasteiger charge is 2.17. The van der Waals surface area contributed by atoms with Gasteiger partial charge in [0.1, 0.15) is 0 Å². The molecule has 2 rings (SSSR count). The second-order valence-electron chi connectivity index (χ2n) is 4.92. The Balaban J connectivity index is 1.98. The Hall–Kier alpha value is -1.92. The summed E-state index contributed by atoms with van der Waals surface area (Å²) in [5.41, 5.74) is 0.846. The summed E-state index contributed by atoms with van der Waals surface area (Å²) < 4.78 is 5.10. The van der Waals surface area contributed by atoms with E-state index in [4.69, 9.17) is 4.74 Å². The van der Waals surface area contributed by atoms with Crippen molar-refractivity contribution in [2.75, 3.05) is 20.3 Å². The van der Waals surface area contributed by atoms with Gasteiger partial charge in [0.05, 0.1) is 24.9 Å². The van der Waals surface area contributed by atoms with Crippen LogP contribution in [-0.4, -0.2) is 36.2 Å². The van der Waals surface area contributed by atoms with Gasteiger partial charge in [-0.1, -0.05) is 12.1 Å². The van der Waals surface area contributed by atoms with Crippen molar-refractivity contribution >= 4 is 17.4 Å². The number of pyridine rings is 1. The van der Waals surface area contributed by atoms with E-state index >= 15 is 0 Å². The number of carbonyl (C=O) groups excluding carboxylic acids is 1. The number of nitrogens with zero attached hydrogens (tertiary/aromatic N) is 2. The van der Waals surface area contributed by atoms with E-state index in [0.717, 1.165) is 10.6 Å². The fraction of sp³-hybridized carbons (Fsp3) is 0.375. The monoisotopic (exact) mass is 319 g/mol. The van der Waals surface area contributed by atoms with Crippen LogP contribution < -0.4 is 5.32 Å². The van der Waals surface area contributed by atoms with Crippen LogP contribution in [-0.2, 0) is 11.3 Å². The number of rotatable bonds is 7. The number of carbonyl (C=O) groups is 1. The van der Waals surface area contributed by atoms with Gasteiger partial charge in [-0.05, 0) is 30.5 Å². The largest absolute Gasteiger partial charge is 0.383 e. The molecule has 2 heterocycles. The van der Waals surface area contributed by atoms with Crippen LogP contribution in [0.1, 0.15) is 23.5 Å². The maximum absolute atomic E-state index is 12.5. The predicted molar refractivity (Wildman–Crippen MR) is 87.8 cm³/mol. The van der Waals surface area contributed by atoms with Crippen molar-refractivity contribution in [2.45, 2.75) is 19.5 Å². The molecule has 2 aromatic rings. The lowest BCUT2D eigenvalue weighted by Crippen LogP contribution is -2.42. The Bertz CT molecular complexity index is 560. The number of ether oxygens (including phenoxy) is 1. The zero-order valence-corrected chi connectivity index (χ0v) is 13.7. The van der Waals surface area contributed by atoms with E-state index in [1.807, 2.05) is 42.6 Å². The topological polar surface area (TPSA) is 54.5 Å². The molecular weight excluding hydrogens is 298 g/mol. The molecule has 1 N–H and O–H groups in total. The molecular formula is C16H21N3O2S. The van der Waals surface area contributed by atoms with Crippen LogP contribution in [0.5, 0.6) is 0 Å². The smallest absolute Gasteiger partial charge is 0.318 e. The minimum absolute atomic E-state index is 0.108. The summed E-state index contributed by atoms with van der Waals surface area (Å²) in [5, 5.41) is 5.00. The Morgan fingerprint density at radius 1 is 1.41 bits per heavy atom. The maximum Gasteiger partial charge on any atom is 0.318 e. The lowest BCUT2D eigenvalue weighted by atomic mass is 10.2. The Labute approximate surface area is 134 Å². The molecule has 0 aliphatic rings. The first-order valence-corrected chi connectivity index (χ1v) is 8.06. The molecule has 0 bridgehead atoms. The first-order chi connectivity index (χ1) is 10.7. The van der Waals surface area contributed by atoms with E-state index in [2.05, 4.69) is 10.3 Å². The lowest BCUT2D eigenvalue weighted by molar-refractivity contribution is 0.145. The first-order valence-electron chi connectivity index (χ1n) is 7.18. The van der Waals surface area contributed by atoms with Gasteiger partial charge < -0.3 is 15.0 Å². The molecule has 0 aliphatic carbocycles. The van der Waals surface area contributed by atoms with Crippen molar-refractivity contribution in [3.05, 3.63) is 52.5 Å². The maximum atomic E-state index is 12.5. The molecule has 0 spiro atoms. The average Bonchev–Trinajstić information content (AvgIpc) is 3.05. The highest BCUT2D eigenvalue weighted by atomic mass is 32.1. The lowest BCUT2D eigenvalue weighted by Gasteiger charge is -2.24. The molecule has 0 saturated carbocycles. The van der Waals surface area contributed by atoms with Gasteiger partial charge in [0.2, 0.25) is 0 Å². The van der Waals surface area contributed by atoms with Gasteiger partial charge in [-0.3, -0.25) is 4.98 Å². The van der Waals surface area contributed by atoms with E-state index in [9.17, 15) is 4.79 Å². The number of nitrogens with one attached hydrogen (secondary N) is 1. The molecule has 0 saturated heterocycles. The summed E-state index contributed by atoms with van der Waals surface area (Å²) in [4.78, 5) is 19.7.